The molecule has 0 radical (unpaired) electrons. The molecular weight excluding hydrogens is 582 g/mol. The summed E-state index contributed by atoms with van der Waals surface area (Å²) in [6.07, 6.45) is 1.95. The van der Waals surface area contributed by atoms with Crippen LogP contribution in [-0.4, -0.2) is 44.3 Å². The van der Waals surface area contributed by atoms with Gasteiger partial charge in [0.1, 0.15) is 12.6 Å². The first-order valence-corrected chi connectivity index (χ1v) is 16.1. The summed E-state index contributed by atoms with van der Waals surface area (Å²) in [6, 6.07) is 32.2. The van der Waals surface area contributed by atoms with Crippen molar-refractivity contribution in [2.45, 2.75) is 43.7 Å². The Bertz CT molecular complexity index is 1590. The molecule has 0 saturated heterocycles. The molecule has 2 amide bonds. The molecule has 0 aliphatic heterocycles. The van der Waals surface area contributed by atoms with Gasteiger partial charge in [-0.05, 0) is 53.9 Å². The van der Waals surface area contributed by atoms with Gasteiger partial charge in [0.05, 0.1) is 10.6 Å². The smallest absolute Gasteiger partial charge is 0.264 e. The van der Waals surface area contributed by atoms with Crippen LogP contribution in [0.4, 0.5) is 5.69 Å². The zero-order valence-corrected chi connectivity index (χ0v) is 25.7. The van der Waals surface area contributed by atoms with Crippen LogP contribution < -0.4 is 9.62 Å². The maximum atomic E-state index is 14.4. The lowest BCUT2D eigenvalue weighted by Gasteiger charge is -2.34. The van der Waals surface area contributed by atoms with Crippen LogP contribution in [0, 0.1) is 0 Å². The Morgan fingerprint density at radius 2 is 1.42 bits per heavy atom. The van der Waals surface area contributed by atoms with E-state index in [1.165, 1.54) is 17.0 Å². The summed E-state index contributed by atoms with van der Waals surface area (Å²) in [5.74, 6) is -0.820. The van der Waals surface area contributed by atoms with Crippen LogP contribution in [0.3, 0.4) is 0 Å². The maximum Gasteiger partial charge on any atom is 0.264 e. The van der Waals surface area contributed by atoms with E-state index in [4.69, 9.17) is 11.6 Å². The summed E-state index contributed by atoms with van der Waals surface area (Å²) in [4.78, 5) is 29.6. The molecule has 0 bridgehead atoms. The molecule has 4 rings (SSSR count). The average Bonchev–Trinajstić information content (AvgIpc) is 3.03. The first-order chi connectivity index (χ1) is 20.8. The van der Waals surface area contributed by atoms with Gasteiger partial charge in [-0.25, -0.2) is 8.42 Å². The van der Waals surface area contributed by atoms with Crippen molar-refractivity contribution < 1.29 is 18.0 Å². The van der Waals surface area contributed by atoms with Gasteiger partial charge in [-0.15, -0.1) is 0 Å². The highest BCUT2D eigenvalue weighted by Gasteiger charge is 2.34. The van der Waals surface area contributed by atoms with Crippen molar-refractivity contribution in [1.29, 1.82) is 0 Å². The molecule has 0 aromatic heterocycles. The van der Waals surface area contributed by atoms with E-state index < -0.39 is 28.5 Å². The highest BCUT2D eigenvalue weighted by atomic mass is 35.5. The lowest BCUT2D eigenvalue weighted by Crippen LogP contribution is -2.53. The summed E-state index contributed by atoms with van der Waals surface area (Å²) in [5.41, 5.74) is 1.94. The van der Waals surface area contributed by atoms with Gasteiger partial charge in [0.25, 0.3) is 10.0 Å². The van der Waals surface area contributed by atoms with Gasteiger partial charge < -0.3 is 10.2 Å². The standard InChI is InChI=1S/C34H36ClN3O4S/c1-2-3-22-36-34(40)32(24-27-14-7-4-8-15-27)37(25-28-16-13-17-29(35)23-28)33(39)26-38(30-18-9-5-10-19-30)43(41,42)31-20-11-6-12-21-31/h4-21,23,32H,2-3,22,24-26H2,1H3,(H,36,40)/t32-/m0/s1. The summed E-state index contributed by atoms with van der Waals surface area (Å²) in [5, 5.41) is 3.48. The molecule has 224 valence electrons. The van der Waals surface area contributed by atoms with Crippen LogP contribution in [0.2, 0.25) is 5.02 Å². The largest absolute Gasteiger partial charge is 0.354 e. The fourth-order valence-corrected chi connectivity index (χ4v) is 6.38. The number of halogens is 1. The number of sulfonamides is 1. The van der Waals surface area contributed by atoms with Gasteiger partial charge in [-0.2, -0.15) is 0 Å². The zero-order chi connectivity index (χ0) is 30.7. The van der Waals surface area contributed by atoms with Gasteiger partial charge >= 0.3 is 0 Å². The molecule has 43 heavy (non-hydrogen) atoms. The number of unbranched alkanes of at least 4 members (excludes halogenated alkanes) is 1. The van der Waals surface area contributed by atoms with Crippen LogP contribution in [0.1, 0.15) is 30.9 Å². The molecule has 4 aromatic carbocycles. The normalized spacial score (nSPS) is 11.9. The molecule has 0 unspecified atom stereocenters. The molecule has 1 N–H and O–H groups in total. The van der Waals surface area contributed by atoms with Crippen LogP contribution in [0.25, 0.3) is 0 Å². The molecule has 7 nitrogen and oxygen atoms in total. The first-order valence-electron chi connectivity index (χ1n) is 14.3. The van der Waals surface area contributed by atoms with E-state index >= 15 is 0 Å². The number of nitrogens with zero attached hydrogens (tertiary/aromatic N) is 2. The third kappa shape index (κ3) is 8.69. The van der Waals surface area contributed by atoms with Crippen LogP contribution in [-0.2, 0) is 32.6 Å². The van der Waals surface area contributed by atoms with E-state index in [0.29, 0.717) is 17.3 Å². The van der Waals surface area contributed by atoms with Gasteiger partial charge in [-0.3, -0.25) is 13.9 Å². The number of amides is 2. The van der Waals surface area contributed by atoms with Crippen molar-refractivity contribution in [2.24, 2.45) is 0 Å². The number of carbonyl (C=O) groups is 2. The molecule has 0 saturated carbocycles. The second kappa shape index (κ2) is 15.4. The SMILES string of the molecule is CCCCNC(=O)[C@H](Cc1ccccc1)N(Cc1cccc(Cl)c1)C(=O)CN(c1ccccc1)S(=O)(=O)c1ccccc1. The molecule has 0 heterocycles. The molecule has 0 aliphatic rings. The Labute approximate surface area is 259 Å². The van der Waals surface area contributed by atoms with E-state index in [1.54, 1.807) is 66.7 Å². The van der Waals surface area contributed by atoms with Crippen molar-refractivity contribution in [1.82, 2.24) is 10.2 Å². The summed E-state index contributed by atoms with van der Waals surface area (Å²) in [7, 11) is -4.12. The van der Waals surface area contributed by atoms with Crippen LogP contribution >= 0.6 is 11.6 Å². The first kappa shape index (κ1) is 31.8. The number of carbonyl (C=O) groups excluding carboxylic acids is 2. The van der Waals surface area contributed by atoms with Crippen LogP contribution in [0.5, 0.6) is 0 Å². The Hall–Kier alpha value is -4.14. The molecule has 0 spiro atoms. The van der Waals surface area contributed by atoms with E-state index in [9.17, 15) is 18.0 Å². The minimum absolute atomic E-state index is 0.0613. The Balaban J connectivity index is 1.76. The lowest BCUT2D eigenvalue weighted by atomic mass is 10.0. The van der Waals surface area contributed by atoms with Crippen molar-refractivity contribution in [3.05, 3.63) is 131 Å². The highest BCUT2D eigenvalue weighted by molar-refractivity contribution is 7.92. The maximum absolute atomic E-state index is 14.4. The average molecular weight is 618 g/mol. The Kier molecular flexibility index (Phi) is 11.4. The fourth-order valence-electron chi connectivity index (χ4n) is 4.73. The number of anilines is 1. The molecule has 4 aromatic rings. The molecule has 0 aliphatic carbocycles. The number of para-hydroxylation sites is 1. The third-order valence-electron chi connectivity index (χ3n) is 7.00. The van der Waals surface area contributed by atoms with E-state index in [1.807, 2.05) is 43.3 Å². The van der Waals surface area contributed by atoms with E-state index in [-0.39, 0.29) is 23.8 Å². The Morgan fingerprint density at radius 1 is 0.814 bits per heavy atom. The highest BCUT2D eigenvalue weighted by Crippen LogP contribution is 2.25. The molecule has 1 atom stereocenters. The molecule has 0 fully saturated rings. The quantitative estimate of drug-likeness (QED) is 0.174. The van der Waals surface area contributed by atoms with Gasteiger partial charge in [0, 0.05) is 24.5 Å². The number of hydrogen-bond acceptors (Lipinski definition) is 4. The number of nitrogens with one attached hydrogen (secondary N) is 1. The van der Waals surface area contributed by atoms with Crippen molar-refractivity contribution in [3.8, 4) is 0 Å². The third-order valence-corrected chi connectivity index (χ3v) is 9.02. The molecule has 9 heteroatoms. The predicted octanol–water partition coefficient (Wildman–Crippen LogP) is 6.09. The van der Waals surface area contributed by atoms with Gasteiger partial charge in [0.15, 0.2) is 0 Å². The predicted molar refractivity (Wildman–Crippen MR) is 171 cm³/mol. The van der Waals surface area contributed by atoms with Crippen molar-refractivity contribution in [2.75, 3.05) is 17.4 Å². The lowest BCUT2D eigenvalue weighted by molar-refractivity contribution is -0.140. The topological polar surface area (TPSA) is 86.8 Å². The second-order valence-corrected chi connectivity index (χ2v) is 12.5. The van der Waals surface area contributed by atoms with Gasteiger partial charge in [-0.1, -0.05) is 104 Å². The number of rotatable bonds is 14. The van der Waals surface area contributed by atoms with E-state index in [2.05, 4.69) is 5.32 Å². The number of hydrogen-bond donors (Lipinski definition) is 1. The number of benzene rings is 4. The van der Waals surface area contributed by atoms with Gasteiger partial charge in [0.2, 0.25) is 11.8 Å². The van der Waals surface area contributed by atoms with Crippen molar-refractivity contribution >= 4 is 39.1 Å². The fraction of sp³-hybridized carbons (Fsp3) is 0.235. The summed E-state index contributed by atoms with van der Waals surface area (Å²) in [6.45, 7) is 2.06. The van der Waals surface area contributed by atoms with E-state index in [0.717, 1.165) is 28.3 Å². The zero-order valence-electron chi connectivity index (χ0n) is 24.1. The van der Waals surface area contributed by atoms with Crippen LogP contribution in [0.15, 0.2) is 120 Å². The minimum Gasteiger partial charge on any atom is -0.354 e. The minimum atomic E-state index is -4.12. The summed E-state index contributed by atoms with van der Waals surface area (Å²) >= 11 is 6.29. The Morgan fingerprint density at radius 3 is 2.05 bits per heavy atom. The van der Waals surface area contributed by atoms with Crippen molar-refractivity contribution in [3.63, 3.8) is 0 Å². The molecular formula is C34H36ClN3O4S. The summed E-state index contributed by atoms with van der Waals surface area (Å²) < 4.78 is 28.9. The monoisotopic (exact) mass is 617 g/mol. The second-order valence-electron chi connectivity index (χ2n) is 10.2.